The lowest BCUT2D eigenvalue weighted by molar-refractivity contribution is -0.277. The molecule has 2 aromatic carbocycles. The topological polar surface area (TPSA) is 349 Å². The van der Waals surface area contributed by atoms with Crippen LogP contribution in [0.1, 0.15) is 91.7 Å². The molecule has 27 nitrogen and oxygen atoms in total. The molecule has 0 radical (unpaired) electrons. The molecule has 2 fully saturated rings. The Morgan fingerprint density at radius 3 is 1.32 bits per heavy atom. The quantitative estimate of drug-likeness (QED) is 0.0490. The Labute approximate surface area is 460 Å². The number of fused-ring (bicyclic) bond motifs is 3. The van der Waals surface area contributed by atoms with Crippen LogP contribution >= 0.6 is 0 Å². The van der Waals surface area contributed by atoms with Crippen LogP contribution in [0.25, 0.3) is 11.1 Å². The predicted molar refractivity (Wildman–Crippen MR) is 272 cm³/mol. The Balaban J connectivity index is 1.24. The van der Waals surface area contributed by atoms with Gasteiger partial charge in [-0.15, -0.1) is 0 Å². The van der Waals surface area contributed by atoms with Gasteiger partial charge in [0.1, 0.15) is 50.2 Å². The maximum atomic E-state index is 13.9. The van der Waals surface area contributed by atoms with Crippen LogP contribution in [0.15, 0.2) is 48.5 Å². The van der Waals surface area contributed by atoms with E-state index in [1.54, 1.807) is 0 Å². The van der Waals surface area contributed by atoms with E-state index >= 15 is 0 Å². The minimum Gasteiger partial charge on any atom is -0.463 e. The van der Waals surface area contributed by atoms with Crippen molar-refractivity contribution in [3.8, 4) is 11.1 Å². The van der Waals surface area contributed by atoms with E-state index in [4.69, 9.17) is 52.1 Å². The molecule has 0 aromatic heterocycles. The number of benzene rings is 2. The van der Waals surface area contributed by atoms with E-state index in [2.05, 4.69) is 26.6 Å². The normalized spacial score (nSPS) is 23.2. The van der Waals surface area contributed by atoms with Crippen molar-refractivity contribution >= 4 is 65.5 Å². The standard InChI is InChI=1S/C53H69N5O22/c1-27(59)56-44-48(77-33(7)65)46(75-31(5)63)41(25-72-29(3)61)79-51(44)70-21-13-19-54-43(67)23-40(58-53(69)74-24-39-37-17-11-9-15-35(37)36-16-10-12-18-38(36)39)50(68)55-20-14-22-71-52-45(57-28(2)60)49(78-34(8)66)47(76-32(6)64)42(80-52)26-73-30(4)62/h9-12,15-18,39-42,44-49,51-52H,13-14,19-26H2,1-8H3,(H,54,67)(H,55,68)(H,56,59)(H,57,60)(H,58,69)/t40-,41+,42+,44+,45+,46-,47-,48+,49+,51+,52+/m0/s1. The summed E-state index contributed by atoms with van der Waals surface area (Å²) in [6.45, 7) is 7.55. The summed E-state index contributed by atoms with van der Waals surface area (Å²) in [7, 11) is 0. The van der Waals surface area contributed by atoms with Gasteiger partial charge in [-0.05, 0) is 35.1 Å². The highest BCUT2D eigenvalue weighted by Gasteiger charge is 2.53. The lowest BCUT2D eigenvalue weighted by atomic mass is 9.96. The number of carbonyl (C=O) groups is 11. The largest absolute Gasteiger partial charge is 0.463 e. The lowest BCUT2D eigenvalue weighted by Gasteiger charge is -2.44. The first-order valence-electron chi connectivity index (χ1n) is 25.7. The third-order valence-electron chi connectivity index (χ3n) is 12.3. The molecule has 2 aliphatic heterocycles. The lowest BCUT2D eigenvalue weighted by Crippen LogP contribution is -2.66. The van der Waals surface area contributed by atoms with Gasteiger partial charge in [-0.1, -0.05) is 48.5 Å². The minimum atomic E-state index is -1.50. The van der Waals surface area contributed by atoms with Gasteiger partial charge in [0.25, 0.3) is 0 Å². The van der Waals surface area contributed by atoms with Crippen molar-refractivity contribution in [1.82, 2.24) is 26.6 Å². The van der Waals surface area contributed by atoms with Crippen LogP contribution in [-0.4, -0.2) is 179 Å². The highest BCUT2D eigenvalue weighted by atomic mass is 16.7. The highest BCUT2D eigenvalue weighted by molar-refractivity contribution is 5.91. The van der Waals surface area contributed by atoms with E-state index in [0.717, 1.165) is 63.8 Å². The fraction of sp³-hybridized carbons (Fsp3) is 0.566. The van der Waals surface area contributed by atoms with Gasteiger partial charge in [0.2, 0.25) is 23.6 Å². The number of amides is 5. The second kappa shape index (κ2) is 30.6. The first-order chi connectivity index (χ1) is 38.0. The van der Waals surface area contributed by atoms with Crippen LogP contribution in [0, 0.1) is 0 Å². The Hall–Kier alpha value is -7.75. The van der Waals surface area contributed by atoms with Crippen molar-refractivity contribution in [1.29, 1.82) is 0 Å². The smallest absolute Gasteiger partial charge is 0.407 e. The molecule has 2 heterocycles. The average Bonchev–Trinajstić information content (AvgIpc) is 3.69. The van der Waals surface area contributed by atoms with Crippen LogP contribution < -0.4 is 26.6 Å². The van der Waals surface area contributed by atoms with Crippen LogP contribution in [0.4, 0.5) is 4.79 Å². The molecule has 2 saturated heterocycles. The Morgan fingerprint density at radius 1 is 0.500 bits per heavy atom. The third-order valence-corrected chi connectivity index (χ3v) is 12.3. The first-order valence-corrected chi connectivity index (χ1v) is 25.7. The zero-order valence-corrected chi connectivity index (χ0v) is 45.6. The molecule has 0 bridgehead atoms. The van der Waals surface area contributed by atoms with Gasteiger partial charge < -0.3 is 78.7 Å². The second-order valence-corrected chi connectivity index (χ2v) is 18.8. The van der Waals surface area contributed by atoms with E-state index < -0.39 is 153 Å². The van der Waals surface area contributed by atoms with Gasteiger partial charge in [0.15, 0.2) is 37.0 Å². The molecule has 11 atom stereocenters. The molecule has 5 rings (SSSR count). The maximum absolute atomic E-state index is 13.9. The molecule has 5 amide bonds. The van der Waals surface area contributed by atoms with Crippen molar-refractivity contribution < 1.29 is 105 Å². The van der Waals surface area contributed by atoms with Crippen LogP contribution in [0.2, 0.25) is 0 Å². The molecule has 3 aliphatic rings. The molecule has 438 valence electrons. The number of rotatable bonds is 26. The highest BCUT2D eigenvalue weighted by Crippen LogP contribution is 2.44. The molecule has 0 spiro atoms. The monoisotopic (exact) mass is 1130 g/mol. The maximum Gasteiger partial charge on any atom is 0.407 e. The van der Waals surface area contributed by atoms with Gasteiger partial charge in [-0.3, -0.25) is 47.9 Å². The number of alkyl carbamates (subject to hydrolysis) is 1. The van der Waals surface area contributed by atoms with Crippen LogP contribution in [0.5, 0.6) is 0 Å². The summed E-state index contributed by atoms with van der Waals surface area (Å²) in [5.41, 5.74) is 3.85. The summed E-state index contributed by atoms with van der Waals surface area (Å²) < 4.78 is 61.8. The summed E-state index contributed by atoms with van der Waals surface area (Å²) in [6.07, 6.45) is -12.0. The molecule has 2 aromatic rings. The number of carbonyl (C=O) groups excluding carboxylic acids is 11. The number of ether oxygens (including phenoxy) is 11. The fourth-order valence-electron chi connectivity index (χ4n) is 9.22. The van der Waals surface area contributed by atoms with Gasteiger partial charge in [-0.2, -0.15) is 0 Å². The second-order valence-electron chi connectivity index (χ2n) is 18.8. The predicted octanol–water partition coefficient (Wildman–Crippen LogP) is 0.642. The van der Waals surface area contributed by atoms with Gasteiger partial charge >= 0.3 is 41.9 Å². The molecule has 0 saturated carbocycles. The Bertz CT molecular complexity index is 2520. The van der Waals surface area contributed by atoms with Crippen molar-refractivity contribution in [2.24, 2.45) is 0 Å². The van der Waals surface area contributed by atoms with Crippen LogP contribution in [-0.2, 0) is 100 Å². The number of hydrogen-bond acceptors (Lipinski definition) is 22. The summed E-state index contributed by atoms with van der Waals surface area (Å²) in [4.78, 5) is 138. The molecule has 1 aliphatic carbocycles. The molecule has 27 heteroatoms. The van der Waals surface area contributed by atoms with Gasteiger partial charge in [0, 0.05) is 74.4 Å². The van der Waals surface area contributed by atoms with E-state index in [9.17, 15) is 52.7 Å². The number of hydrogen-bond donors (Lipinski definition) is 5. The van der Waals surface area contributed by atoms with Crippen molar-refractivity contribution in [3.05, 3.63) is 59.7 Å². The SMILES string of the molecule is CC(=O)N[C@H]1[C@H](OCCCNC(=O)C[C@H](NC(=O)OCC2c3ccccc3-c3ccccc32)C(=O)NCCCO[C@@H]2O[C@H](COC(C)=O)[C@H](OC(C)=O)[C@H](OC(C)=O)[C@H]2NC(C)=O)O[C@H](COC(C)=O)[C@H](OC(C)=O)[C@@H]1OC(C)=O. The molecular formula is C53H69N5O22. The number of nitrogens with one attached hydrogen (secondary N) is 5. The number of esters is 6. The zero-order valence-electron chi connectivity index (χ0n) is 45.6. The third kappa shape index (κ3) is 19.0. The van der Waals surface area contributed by atoms with Crippen molar-refractivity contribution in [2.75, 3.05) is 46.1 Å². The summed E-state index contributed by atoms with van der Waals surface area (Å²) in [6, 6.07) is 11.4. The van der Waals surface area contributed by atoms with Crippen LogP contribution in [0.3, 0.4) is 0 Å². The Morgan fingerprint density at radius 2 is 0.912 bits per heavy atom. The Kier molecular flexibility index (Phi) is 24.1. The zero-order chi connectivity index (χ0) is 58.6. The summed E-state index contributed by atoms with van der Waals surface area (Å²) in [5.74, 6) is -7.53. The van der Waals surface area contributed by atoms with E-state index in [-0.39, 0.29) is 51.7 Å². The molecule has 5 N–H and O–H groups in total. The van der Waals surface area contributed by atoms with E-state index in [0.29, 0.717) is 0 Å². The molecular weight excluding hydrogens is 1060 g/mol. The summed E-state index contributed by atoms with van der Waals surface area (Å²) in [5, 5.41) is 13.0. The van der Waals surface area contributed by atoms with Crippen molar-refractivity contribution in [2.45, 2.75) is 148 Å². The first kappa shape index (κ1) is 63.1. The van der Waals surface area contributed by atoms with Gasteiger partial charge in [-0.25, -0.2) is 4.79 Å². The molecule has 80 heavy (non-hydrogen) atoms. The van der Waals surface area contributed by atoms with E-state index in [1.165, 1.54) is 13.8 Å². The van der Waals surface area contributed by atoms with E-state index in [1.807, 2.05) is 48.5 Å². The minimum absolute atomic E-state index is 0.0578. The fourth-order valence-corrected chi connectivity index (χ4v) is 9.22. The average molecular weight is 1130 g/mol. The van der Waals surface area contributed by atoms with Gasteiger partial charge in [0.05, 0.1) is 19.6 Å². The van der Waals surface area contributed by atoms with Crippen molar-refractivity contribution in [3.63, 3.8) is 0 Å². The molecule has 0 unspecified atom stereocenters. The summed E-state index contributed by atoms with van der Waals surface area (Å²) >= 11 is 0.